The summed E-state index contributed by atoms with van der Waals surface area (Å²) in [7, 11) is 0. The monoisotopic (exact) mass is 260 g/mol. The van der Waals surface area contributed by atoms with E-state index in [0.717, 1.165) is 6.42 Å². The highest BCUT2D eigenvalue weighted by molar-refractivity contribution is 5.90. The lowest BCUT2D eigenvalue weighted by atomic mass is 10.0. The van der Waals surface area contributed by atoms with Gasteiger partial charge in [-0.2, -0.15) is 5.26 Å². The van der Waals surface area contributed by atoms with Crippen LogP contribution in [0.25, 0.3) is 0 Å². The van der Waals surface area contributed by atoms with E-state index in [1.165, 1.54) is 43.9 Å². The molecule has 1 saturated carbocycles. The number of nitriles is 1. The van der Waals surface area contributed by atoms with Crippen molar-refractivity contribution >= 4 is 11.6 Å². The van der Waals surface area contributed by atoms with E-state index in [1.807, 2.05) is 0 Å². The van der Waals surface area contributed by atoms with Gasteiger partial charge in [-0.15, -0.1) is 0 Å². The van der Waals surface area contributed by atoms with Crippen molar-refractivity contribution in [2.45, 2.75) is 38.5 Å². The minimum atomic E-state index is -0.563. The van der Waals surface area contributed by atoms with Crippen LogP contribution in [0.2, 0.25) is 0 Å². The van der Waals surface area contributed by atoms with Crippen molar-refractivity contribution in [1.29, 1.82) is 5.26 Å². The summed E-state index contributed by atoms with van der Waals surface area (Å²) < 4.78 is 13.1. The van der Waals surface area contributed by atoms with E-state index in [-0.39, 0.29) is 11.5 Å². The Morgan fingerprint density at radius 2 is 2.16 bits per heavy atom. The Morgan fingerprint density at radius 1 is 1.42 bits per heavy atom. The lowest BCUT2D eigenvalue weighted by Gasteiger charge is -2.09. The molecule has 1 N–H and O–H groups in total. The molecule has 0 atom stereocenters. The summed E-state index contributed by atoms with van der Waals surface area (Å²) in [6, 6.07) is 5.80. The number of nitrogens with zero attached hydrogens (tertiary/aromatic N) is 1. The number of anilines is 1. The van der Waals surface area contributed by atoms with Crippen molar-refractivity contribution in [2.75, 3.05) is 5.32 Å². The molecule has 4 heteroatoms. The zero-order valence-electron chi connectivity index (χ0n) is 10.8. The van der Waals surface area contributed by atoms with Crippen LogP contribution in [-0.2, 0) is 4.79 Å². The molecule has 19 heavy (non-hydrogen) atoms. The van der Waals surface area contributed by atoms with Gasteiger partial charge in [-0.3, -0.25) is 4.79 Å². The van der Waals surface area contributed by atoms with Crippen LogP contribution in [0.15, 0.2) is 18.2 Å². The fourth-order valence-electron chi connectivity index (χ4n) is 2.55. The van der Waals surface area contributed by atoms with Gasteiger partial charge in [-0.1, -0.05) is 25.7 Å². The molecule has 0 unspecified atom stereocenters. The first-order chi connectivity index (χ1) is 9.19. The Bertz CT molecular complexity index is 501. The second kappa shape index (κ2) is 6.33. The minimum Gasteiger partial charge on any atom is -0.326 e. The normalized spacial score (nSPS) is 15.2. The second-order valence-corrected chi connectivity index (χ2v) is 5.04. The van der Waals surface area contributed by atoms with Crippen molar-refractivity contribution in [3.8, 4) is 6.07 Å². The topological polar surface area (TPSA) is 52.9 Å². The Balaban J connectivity index is 1.86. The van der Waals surface area contributed by atoms with Crippen LogP contribution in [0, 0.1) is 23.1 Å². The third kappa shape index (κ3) is 3.78. The summed E-state index contributed by atoms with van der Waals surface area (Å²) >= 11 is 0. The van der Waals surface area contributed by atoms with Gasteiger partial charge in [-0.05, 0) is 30.5 Å². The minimum absolute atomic E-state index is 0.0476. The van der Waals surface area contributed by atoms with Crippen LogP contribution in [0.1, 0.15) is 44.1 Å². The van der Waals surface area contributed by atoms with Crippen LogP contribution in [0.4, 0.5) is 10.1 Å². The predicted molar refractivity (Wildman–Crippen MR) is 70.9 cm³/mol. The highest BCUT2D eigenvalue weighted by Crippen LogP contribution is 2.28. The van der Waals surface area contributed by atoms with Gasteiger partial charge in [0.2, 0.25) is 5.91 Å². The highest BCUT2D eigenvalue weighted by atomic mass is 19.1. The number of carbonyl (C=O) groups excluding carboxylic acids is 1. The largest absolute Gasteiger partial charge is 0.326 e. The maximum atomic E-state index is 13.1. The van der Waals surface area contributed by atoms with E-state index >= 15 is 0 Å². The van der Waals surface area contributed by atoms with Crippen molar-refractivity contribution in [3.05, 3.63) is 29.6 Å². The van der Waals surface area contributed by atoms with E-state index in [1.54, 1.807) is 6.07 Å². The molecule has 1 fully saturated rings. The molecule has 0 aliphatic heterocycles. The number of halogens is 1. The molecule has 0 heterocycles. The van der Waals surface area contributed by atoms with Crippen molar-refractivity contribution in [1.82, 2.24) is 0 Å². The summed E-state index contributed by atoms with van der Waals surface area (Å²) in [5.74, 6) is 0.0440. The maximum absolute atomic E-state index is 13.1. The van der Waals surface area contributed by atoms with Crippen molar-refractivity contribution < 1.29 is 9.18 Å². The Labute approximate surface area is 112 Å². The van der Waals surface area contributed by atoms with Crippen LogP contribution >= 0.6 is 0 Å². The van der Waals surface area contributed by atoms with Gasteiger partial charge in [-0.25, -0.2) is 4.39 Å². The zero-order chi connectivity index (χ0) is 13.7. The molecule has 1 amide bonds. The van der Waals surface area contributed by atoms with E-state index in [4.69, 9.17) is 5.26 Å². The number of hydrogen-bond acceptors (Lipinski definition) is 2. The van der Waals surface area contributed by atoms with Crippen LogP contribution < -0.4 is 5.32 Å². The molecule has 1 aromatic rings. The van der Waals surface area contributed by atoms with E-state index < -0.39 is 5.82 Å². The average molecular weight is 260 g/mol. The number of amides is 1. The number of benzene rings is 1. The molecule has 2 rings (SSSR count). The second-order valence-electron chi connectivity index (χ2n) is 5.04. The quantitative estimate of drug-likeness (QED) is 0.899. The molecule has 0 radical (unpaired) electrons. The Hall–Kier alpha value is -1.89. The van der Waals surface area contributed by atoms with Gasteiger partial charge >= 0.3 is 0 Å². The van der Waals surface area contributed by atoms with Crippen molar-refractivity contribution in [2.24, 2.45) is 5.92 Å². The van der Waals surface area contributed by atoms with Crippen LogP contribution in [0.3, 0.4) is 0 Å². The Kier molecular flexibility index (Phi) is 4.51. The fraction of sp³-hybridized carbons (Fsp3) is 0.467. The number of carbonyl (C=O) groups is 1. The molecule has 3 nitrogen and oxygen atoms in total. The van der Waals surface area contributed by atoms with Crippen LogP contribution in [0.5, 0.6) is 0 Å². The first-order valence-corrected chi connectivity index (χ1v) is 6.68. The molecule has 0 aromatic heterocycles. The molecular formula is C15H17FN2O. The average Bonchev–Trinajstić information content (AvgIpc) is 2.92. The molecule has 1 aliphatic carbocycles. The molecular weight excluding hydrogens is 243 g/mol. The zero-order valence-corrected chi connectivity index (χ0v) is 10.8. The first kappa shape index (κ1) is 13.5. The van der Waals surface area contributed by atoms with E-state index in [9.17, 15) is 9.18 Å². The standard InChI is InChI=1S/C15H17FN2O/c16-14-7-6-13(9-12(14)10-17)18-15(19)8-5-11-3-1-2-4-11/h6-7,9,11H,1-5,8H2,(H,18,19). The first-order valence-electron chi connectivity index (χ1n) is 6.68. The molecule has 1 aromatic carbocycles. The van der Waals surface area contributed by atoms with Crippen molar-refractivity contribution in [3.63, 3.8) is 0 Å². The van der Waals surface area contributed by atoms with Gasteiger partial charge < -0.3 is 5.32 Å². The smallest absolute Gasteiger partial charge is 0.224 e. The van der Waals surface area contributed by atoms with Crippen LogP contribution in [-0.4, -0.2) is 5.91 Å². The van der Waals surface area contributed by atoms with Gasteiger partial charge in [0.05, 0.1) is 5.56 Å². The molecule has 0 spiro atoms. The fourth-order valence-corrected chi connectivity index (χ4v) is 2.55. The summed E-state index contributed by atoms with van der Waals surface area (Å²) in [6.07, 6.45) is 6.40. The summed E-state index contributed by atoms with van der Waals surface area (Å²) in [6.45, 7) is 0. The molecule has 1 aliphatic rings. The molecule has 100 valence electrons. The van der Waals surface area contributed by atoms with Gasteiger partial charge in [0.15, 0.2) is 0 Å². The molecule has 0 saturated heterocycles. The number of hydrogen-bond donors (Lipinski definition) is 1. The van der Waals surface area contributed by atoms with Gasteiger partial charge in [0, 0.05) is 12.1 Å². The lowest BCUT2D eigenvalue weighted by Crippen LogP contribution is -2.13. The summed E-state index contributed by atoms with van der Waals surface area (Å²) in [4.78, 5) is 11.8. The molecule has 0 bridgehead atoms. The van der Waals surface area contributed by atoms with E-state index in [2.05, 4.69) is 5.32 Å². The maximum Gasteiger partial charge on any atom is 0.224 e. The van der Waals surface area contributed by atoms with Gasteiger partial charge in [0.1, 0.15) is 11.9 Å². The third-order valence-corrected chi connectivity index (χ3v) is 3.62. The highest BCUT2D eigenvalue weighted by Gasteiger charge is 2.16. The predicted octanol–water partition coefficient (Wildman–Crippen LogP) is 3.61. The summed E-state index contributed by atoms with van der Waals surface area (Å²) in [5.41, 5.74) is 0.433. The Morgan fingerprint density at radius 3 is 2.84 bits per heavy atom. The number of nitrogens with one attached hydrogen (secondary N) is 1. The SMILES string of the molecule is N#Cc1cc(NC(=O)CCC2CCCC2)ccc1F. The lowest BCUT2D eigenvalue weighted by molar-refractivity contribution is -0.116. The number of rotatable bonds is 4. The van der Waals surface area contributed by atoms with E-state index in [0.29, 0.717) is 18.0 Å². The van der Waals surface area contributed by atoms with Gasteiger partial charge in [0.25, 0.3) is 0 Å². The summed E-state index contributed by atoms with van der Waals surface area (Å²) in [5, 5.41) is 11.4. The third-order valence-electron chi connectivity index (χ3n) is 3.62.